The quantitative estimate of drug-likeness (QED) is 0.322. The molecule has 25 heavy (non-hydrogen) atoms. The second-order valence-electron chi connectivity index (χ2n) is 6.58. The van der Waals surface area contributed by atoms with E-state index in [2.05, 4.69) is 27.0 Å². The lowest BCUT2D eigenvalue weighted by atomic mass is 9.88. The molecular formula is C17H29IN6O. The van der Waals surface area contributed by atoms with Crippen LogP contribution in [-0.4, -0.2) is 58.0 Å². The number of piperidine rings is 1. The third-order valence-corrected chi connectivity index (χ3v) is 4.97. The zero-order chi connectivity index (χ0) is 16.9. The SMILES string of the molecule is C=CCNC(=NCc1nnc(C)n1C)N1CCC2OCCCC2C1.I. The van der Waals surface area contributed by atoms with Crippen LogP contribution < -0.4 is 5.32 Å². The fraction of sp³-hybridized carbons (Fsp3) is 0.706. The lowest BCUT2D eigenvalue weighted by molar-refractivity contribution is -0.0559. The maximum Gasteiger partial charge on any atom is 0.194 e. The summed E-state index contributed by atoms with van der Waals surface area (Å²) in [6, 6.07) is 0. The number of fused-ring (bicyclic) bond motifs is 1. The van der Waals surface area contributed by atoms with Crippen molar-refractivity contribution in [2.45, 2.75) is 38.8 Å². The number of halogens is 1. The van der Waals surface area contributed by atoms with Crippen LogP contribution in [0.15, 0.2) is 17.6 Å². The minimum Gasteiger partial charge on any atom is -0.378 e. The summed E-state index contributed by atoms with van der Waals surface area (Å²) in [6.07, 6.45) is 5.77. The molecule has 2 unspecified atom stereocenters. The summed E-state index contributed by atoms with van der Waals surface area (Å²) in [6.45, 7) is 9.88. The number of aliphatic imine (C=N–C) groups is 1. The topological polar surface area (TPSA) is 67.6 Å². The molecule has 0 aliphatic carbocycles. The van der Waals surface area contributed by atoms with E-state index >= 15 is 0 Å². The van der Waals surface area contributed by atoms with Gasteiger partial charge >= 0.3 is 0 Å². The summed E-state index contributed by atoms with van der Waals surface area (Å²) in [5.41, 5.74) is 0. The maximum atomic E-state index is 5.91. The molecular weight excluding hydrogens is 431 g/mol. The number of likely N-dealkylation sites (tertiary alicyclic amines) is 1. The first-order valence-electron chi connectivity index (χ1n) is 8.79. The van der Waals surface area contributed by atoms with E-state index in [-0.39, 0.29) is 24.0 Å². The van der Waals surface area contributed by atoms with E-state index in [0.29, 0.717) is 25.1 Å². The highest BCUT2D eigenvalue weighted by Gasteiger charge is 2.33. The van der Waals surface area contributed by atoms with Gasteiger partial charge in [0, 0.05) is 39.2 Å². The highest BCUT2D eigenvalue weighted by atomic mass is 127. The summed E-state index contributed by atoms with van der Waals surface area (Å²) in [5.74, 6) is 3.32. The Kier molecular flexibility index (Phi) is 7.67. The number of guanidine groups is 1. The van der Waals surface area contributed by atoms with Crippen LogP contribution >= 0.6 is 24.0 Å². The zero-order valence-electron chi connectivity index (χ0n) is 15.1. The number of ether oxygens (including phenoxy) is 1. The average molecular weight is 460 g/mol. The number of aryl methyl sites for hydroxylation is 1. The molecule has 3 rings (SSSR count). The number of rotatable bonds is 4. The van der Waals surface area contributed by atoms with Crippen LogP contribution in [0.25, 0.3) is 0 Å². The van der Waals surface area contributed by atoms with Gasteiger partial charge in [0.25, 0.3) is 0 Å². The summed E-state index contributed by atoms with van der Waals surface area (Å²) < 4.78 is 7.90. The first-order chi connectivity index (χ1) is 11.7. The van der Waals surface area contributed by atoms with Gasteiger partial charge in [0.1, 0.15) is 12.4 Å². The third kappa shape index (κ3) is 4.93. The van der Waals surface area contributed by atoms with E-state index < -0.39 is 0 Å². The van der Waals surface area contributed by atoms with Gasteiger partial charge in [-0.1, -0.05) is 6.08 Å². The standard InChI is InChI=1S/C17H28N6O.HI/c1-4-8-18-17(19-11-16-21-20-13(2)22(16)3)23-9-7-15-14(12-23)6-5-10-24-15;/h4,14-15H,1,5-12H2,2-3H3,(H,18,19);1H. The molecule has 7 nitrogen and oxygen atoms in total. The van der Waals surface area contributed by atoms with Crippen molar-refractivity contribution in [3.63, 3.8) is 0 Å². The molecule has 1 aromatic heterocycles. The van der Waals surface area contributed by atoms with Crippen molar-refractivity contribution in [1.29, 1.82) is 0 Å². The molecule has 2 atom stereocenters. The van der Waals surface area contributed by atoms with Gasteiger partial charge in [-0.3, -0.25) is 0 Å². The third-order valence-electron chi connectivity index (χ3n) is 4.97. The number of aromatic nitrogens is 3. The van der Waals surface area contributed by atoms with Crippen molar-refractivity contribution in [1.82, 2.24) is 25.0 Å². The fourth-order valence-electron chi connectivity index (χ4n) is 3.45. The smallest absolute Gasteiger partial charge is 0.194 e. The largest absolute Gasteiger partial charge is 0.378 e. The molecule has 2 fully saturated rings. The first-order valence-corrected chi connectivity index (χ1v) is 8.79. The Labute approximate surface area is 166 Å². The lowest BCUT2D eigenvalue weighted by Gasteiger charge is -2.42. The molecule has 0 amide bonds. The molecule has 140 valence electrons. The zero-order valence-corrected chi connectivity index (χ0v) is 17.5. The molecule has 2 saturated heterocycles. The molecule has 0 spiro atoms. The molecule has 2 aliphatic heterocycles. The molecule has 0 saturated carbocycles. The van der Waals surface area contributed by atoms with Crippen LogP contribution in [-0.2, 0) is 18.3 Å². The second-order valence-corrected chi connectivity index (χ2v) is 6.58. The van der Waals surface area contributed by atoms with Crippen LogP contribution in [0.2, 0.25) is 0 Å². The van der Waals surface area contributed by atoms with E-state index in [1.54, 1.807) is 0 Å². The monoisotopic (exact) mass is 460 g/mol. The summed E-state index contributed by atoms with van der Waals surface area (Å²) in [4.78, 5) is 7.14. The number of nitrogens with one attached hydrogen (secondary N) is 1. The van der Waals surface area contributed by atoms with Gasteiger partial charge < -0.3 is 19.5 Å². The van der Waals surface area contributed by atoms with Gasteiger partial charge in [-0.2, -0.15) is 0 Å². The fourth-order valence-corrected chi connectivity index (χ4v) is 3.45. The molecule has 0 radical (unpaired) electrons. The average Bonchev–Trinajstić information content (AvgIpc) is 2.93. The van der Waals surface area contributed by atoms with E-state index in [1.165, 1.54) is 12.8 Å². The van der Waals surface area contributed by atoms with Gasteiger partial charge in [0.15, 0.2) is 11.8 Å². The van der Waals surface area contributed by atoms with E-state index in [0.717, 1.165) is 43.7 Å². The lowest BCUT2D eigenvalue weighted by Crippen LogP contribution is -2.52. The van der Waals surface area contributed by atoms with Crippen molar-refractivity contribution in [2.75, 3.05) is 26.2 Å². The molecule has 1 aromatic rings. The van der Waals surface area contributed by atoms with Crippen LogP contribution in [0.3, 0.4) is 0 Å². The Hall–Kier alpha value is -1.16. The Bertz CT molecular complexity index is 602. The number of hydrogen-bond acceptors (Lipinski definition) is 4. The van der Waals surface area contributed by atoms with E-state index in [4.69, 9.17) is 9.73 Å². The Balaban J connectivity index is 0.00000225. The molecule has 8 heteroatoms. The van der Waals surface area contributed by atoms with Crippen molar-refractivity contribution in [2.24, 2.45) is 18.0 Å². The van der Waals surface area contributed by atoms with Gasteiger partial charge in [-0.25, -0.2) is 4.99 Å². The minimum absolute atomic E-state index is 0. The van der Waals surface area contributed by atoms with Crippen molar-refractivity contribution in [3.8, 4) is 0 Å². The molecule has 0 bridgehead atoms. The van der Waals surface area contributed by atoms with Gasteiger partial charge in [0.05, 0.1) is 6.10 Å². The molecule has 0 aromatic carbocycles. The molecule has 3 heterocycles. The van der Waals surface area contributed by atoms with Crippen molar-refractivity contribution in [3.05, 3.63) is 24.3 Å². The highest BCUT2D eigenvalue weighted by Crippen LogP contribution is 2.28. The van der Waals surface area contributed by atoms with Crippen LogP contribution in [0.1, 0.15) is 30.9 Å². The Morgan fingerprint density at radius 2 is 2.28 bits per heavy atom. The van der Waals surface area contributed by atoms with Crippen molar-refractivity contribution >= 4 is 29.9 Å². The van der Waals surface area contributed by atoms with Crippen LogP contribution in [0, 0.1) is 12.8 Å². The maximum absolute atomic E-state index is 5.91. The van der Waals surface area contributed by atoms with E-state index in [1.807, 2.05) is 24.6 Å². The normalized spacial score (nSPS) is 23.6. The summed E-state index contributed by atoms with van der Waals surface area (Å²) >= 11 is 0. The van der Waals surface area contributed by atoms with Crippen molar-refractivity contribution < 1.29 is 4.74 Å². The van der Waals surface area contributed by atoms with Gasteiger partial charge in [-0.05, 0) is 26.2 Å². The summed E-state index contributed by atoms with van der Waals surface area (Å²) in [5, 5.41) is 11.7. The highest BCUT2D eigenvalue weighted by molar-refractivity contribution is 14.0. The predicted molar refractivity (Wildman–Crippen MR) is 109 cm³/mol. The molecule has 2 aliphatic rings. The van der Waals surface area contributed by atoms with Gasteiger partial charge in [-0.15, -0.1) is 40.8 Å². The van der Waals surface area contributed by atoms with Crippen LogP contribution in [0.4, 0.5) is 0 Å². The molecule has 1 N–H and O–H groups in total. The summed E-state index contributed by atoms with van der Waals surface area (Å²) in [7, 11) is 1.97. The van der Waals surface area contributed by atoms with E-state index in [9.17, 15) is 0 Å². The Morgan fingerprint density at radius 3 is 3.00 bits per heavy atom. The first kappa shape index (κ1) is 20.2. The second kappa shape index (κ2) is 9.51. The van der Waals surface area contributed by atoms with Crippen LogP contribution in [0.5, 0.6) is 0 Å². The number of hydrogen-bond donors (Lipinski definition) is 1. The Morgan fingerprint density at radius 1 is 1.44 bits per heavy atom. The minimum atomic E-state index is 0. The van der Waals surface area contributed by atoms with Gasteiger partial charge in [0.2, 0.25) is 0 Å². The predicted octanol–water partition coefficient (Wildman–Crippen LogP) is 1.87. The number of nitrogens with zero attached hydrogens (tertiary/aromatic N) is 5.